The molecular formula is C16H22ClN5O. The van der Waals surface area contributed by atoms with Gasteiger partial charge in [-0.15, -0.1) is 17.5 Å². The van der Waals surface area contributed by atoms with Crippen LogP contribution in [-0.2, 0) is 0 Å². The number of benzene rings is 1. The van der Waals surface area contributed by atoms with Crippen LogP contribution in [0.5, 0.6) is 0 Å². The molecule has 23 heavy (non-hydrogen) atoms. The molecule has 1 aliphatic heterocycles. The van der Waals surface area contributed by atoms with E-state index in [2.05, 4.69) is 15.6 Å². The van der Waals surface area contributed by atoms with Gasteiger partial charge in [0.05, 0.1) is 11.9 Å². The van der Waals surface area contributed by atoms with Crippen LogP contribution in [0.25, 0.3) is 5.69 Å². The number of likely N-dealkylation sites (tertiary alicyclic amines) is 1. The lowest BCUT2D eigenvalue weighted by Gasteiger charge is -2.14. The minimum Gasteiger partial charge on any atom is -0.337 e. The molecule has 1 saturated heterocycles. The molecule has 1 aromatic carbocycles. The number of nitrogens with zero attached hydrogens (tertiary/aromatic N) is 4. The summed E-state index contributed by atoms with van der Waals surface area (Å²) < 4.78 is 1.65. The highest BCUT2D eigenvalue weighted by atomic mass is 35.5. The largest absolute Gasteiger partial charge is 0.337 e. The third-order valence-corrected chi connectivity index (χ3v) is 4.04. The Morgan fingerprint density at radius 1 is 1.43 bits per heavy atom. The quantitative estimate of drug-likeness (QED) is 0.923. The van der Waals surface area contributed by atoms with Gasteiger partial charge in [0, 0.05) is 13.1 Å². The fourth-order valence-corrected chi connectivity index (χ4v) is 2.89. The van der Waals surface area contributed by atoms with Crippen molar-refractivity contribution in [1.82, 2.24) is 25.2 Å². The Bertz CT molecular complexity index is 672. The molecule has 3 rings (SSSR count). The van der Waals surface area contributed by atoms with Crippen molar-refractivity contribution >= 4 is 18.3 Å². The highest BCUT2D eigenvalue weighted by molar-refractivity contribution is 5.92. The van der Waals surface area contributed by atoms with Gasteiger partial charge in [-0.2, -0.15) is 0 Å². The summed E-state index contributed by atoms with van der Waals surface area (Å²) in [5.74, 6) is 0.498. The van der Waals surface area contributed by atoms with Crippen molar-refractivity contribution in [1.29, 1.82) is 0 Å². The molecule has 6 nitrogen and oxygen atoms in total. The summed E-state index contributed by atoms with van der Waals surface area (Å²) in [5, 5.41) is 11.3. The van der Waals surface area contributed by atoms with Gasteiger partial charge in [-0.05, 0) is 50.6 Å². The molecule has 0 radical (unpaired) electrons. The van der Waals surface area contributed by atoms with Gasteiger partial charge in [0.2, 0.25) is 0 Å². The molecule has 1 aromatic heterocycles. The van der Waals surface area contributed by atoms with E-state index in [1.54, 1.807) is 10.9 Å². The molecule has 2 heterocycles. The third-order valence-electron chi connectivity index (χ3n) is 4.04. The van der Waals surface area contributed by atoms with Crippen LogP contribution >= 0.6 is 12.4 Å². The number of aryl methyl sites for hydroxylation is 1. The standard InChI is InChI=1S/C16H21N5O.ClH/c1-12-4-3-5-14(8-12)21-11-15(18-19-21)16(22)20-7-6-13(10-20)9-17-2;/h3-5,8,11,13,17H,6-7,9-10H2,1-2H3;1H. The lowest BCUT2D eigenvalue weighted by Crippen LogP contribution is -2.30. The Hall–Kier alpha value is -1.92. The molecule has 7 heteroatoms. The van der Waals surface area contributed by atoms with E-state index in [-0.39, 0.29) is 18.3 Å². The lowest BCUT2D eigenvalue weighted by molar-refractivity contribution is 0.0781. The SMILES string of the molecule is CNCC1CCN(C(=O)c2cn(-c3cccc(C)c3)nn2)C1.Cl. The second kappa shape index (κ2) is 7.57. The Morgan fingerprint density at radius 2 is 2.26 bits per heavy atom. The Morgan fingerprint density at radius 3 is 3.00 bits per heavy atom. The highest BCUT2D eigenvalue weighted by Gasteiger charge is 2.28. The van der Waals surface area contributed by atoms with Gasteiger partial charge in [-0.25, -0.2) is 4.68 Å². The summed E-state index contributed by atoms with van der Waals surface area (Å²) in [6, 6.07) is 7.96. The molecule has 0 saturated carbocycles. The maximum absolute atomic E-state index is 12.5. The number of rotatable bonds is 4. The van der Waals surface area contributed by atoms with Crippen molar-refractivity contribution in [3.05, 3.63) is 41.7 Å². The highest BCUT2D eigenvalue weighted by Crippen LogP contribution is 2.18. The topological polar surface area (TPSA) is 63.1 Å². The monoisotopic (exact) mass is 335 g/mol. The summed E-state index contributed by atoms with van der Waals surface area (Å²) >= 11 is 0. The lowest BCUT2D eigenvalue weighted by atomic mass is 10.1. The van der Waals surface area contributed by atoms with Crippen molar-refractivity contribution in [2.45, 2.75) is 13.3 Å². The van der Waals surface area contributed by atoms with Crippen molar-refractivity contribution in [3.63, 3.8) is 0 Å². The fourth-order valence-electron chi connectivity index (χ4n) is 2.89. The van der Waals surface area contributed by atoms with Crippen molar-refractivity contribution in [2.24, 2.45) is 5.92 Å². The summed E-state index contributed by atoms with van der Waals surface area (Å²) in [6.45, 7) is 4.55. The minimum absolute atomic E-state index is 0. The number of carbonyl (C=O) groups excluding carboxylic acids is 1. The fraction of sp³-hybridized carbons (Fsp3) is 0.438. The van der Waals surface area contributed by atoms with Crippen LogP contribution in [0.4, 0.5) is 0 Å². The molecule has 0 aliphatic carbocycles. The first kappa shape index (κ1) is 17.4. The van der Waals surface area contributed by atoms with Crippen molar-refractivity contribution in [2.75, 3.05) is 26.7 Å². The van der Waals surface area contributed by atoms with E-state index in [1.807, 2.05) is 43.1 Å². The zero-order chi connectivity index (χ0) is 15.5. The molecule has 2 aromatic rings. The number of carbonyl (C=O) groups is 1. The van der Waals surface area contributed by atoms with Gasteiger partial charge in [0.15, 0.2) is 5.69 Å². The molecule has 1 fully saturated rings. The Kier molecular flexibility index (Phi) is 5.74. The van der Waals surface area contributed by atoms with Gasteiger partial charge in [0.25, 0.3) is 5.91 Å². The minimum atomic E-state index is -0.0301. The number of aromatic nitrogens is 3. The second-order valence-electron chi connectivity index (χ2n) is 5.85. The number of hydrogen-bond acceptors (Lipinski definition) is 4. The van der Waals surface area contributed by atoms with E-state index in [4.69, 9.17) is 0 Å². The van der Waals surface area contributed by atoms with Crippen LogP contribution in [0.15, 0.2) is 30.5 Å². The summed E-state index contributed by atoms with van der Waals surface area (Å²) in [7, 11) is 1.94. The van der Waals surface area contributed by atoms with Crippen LogP contribution in [-0.4, -0.2) is 52.5 Å². The van der Waals surface area contributed by atoms with Crippen LogP contribution in [0.2, 0.25) is 0 Å². The summed E-state index contributed by atoms with van der Waals surface area (Å²) in [4.78, 5) is 14.4. The molecule has 1 aliphatic rings. The number of amides is 1. The second-order valence-corrected chi connectivity index (χ2v) is 5.85. The summed E-state index contributed by atoms with van der Waals surface area (Å²) in [5.41, 5.74) is 2.47. The van der Waals surface area contributed by atoms with Crippen molar-refractivity contribution in [3.8, 4) is 5.69 Å². The number of nitrogens with one attached hydrogen (secondary N) is 1. The van der Waals surface area contributed by atoms with E-state index >= 15 is 0 Å². The normalized spacial score (nSPS) is 17.1. The maximum Gasteiger partial charge on any atom is 0.276 e. The predicted molar refractivity (Wildman–Crippen MR) is 91.3 cm³/mol. The van der Waals surface area contributed by atoms with Gasteiger partial charge >= 0.3 is 0 Å². The maximum atomic E-state index is 12.5. The zero-order valence-electron chi connectivity index (χ0n) is 13.4. The van der Waals surface area contributed by atoms with Crippen LogP contribution in [0.3, 0.4) is 0 Å². The number of halogens is 1. The van der Waals surface area contributed by atoms with E-state index in [1.165, 1.54) is 0 Å². The molecule has 1 unspecified atom stereocenters. The van der Waals surface area contributed by atoms with E-state index in [9.17, 15) is 4.79 Å². The zero-order valence-corrected chi connectivity index (χ0v) is 14.2. The summed E-state index contributed by atoms with van der Waals surface area (Å²) in [6.07, 6.45) is 2.75. The first-order valence-corrected chi connectivity index (χ1v) is 7.60. The van der Waals surface area contributed by atoms with Crippen LogP contribution in [0.1, 0.15) is 22.5 Å². The van der Waals surface area contributed by atoms with E-state index in [0.29, 0.717) is 11.6 Å². The molecular weight excluding hydrogens is 314 g/mol. The van der Waals surface area contributed by atoms with Crippen LogP contribution in [0, 0.1) is 12.8 Å². The predicted octanol–water partition coefficient (Wildman–Crippen LogP) is 1.68. The smallest absolute Gasteiger partial charge is 0.276 e. The van der Waals surface area contributed by atoms with Gasteiger partial charge < -0.3 is 10.2 Å². The van der Waals surface area contributed by atoms with Crippen molar-refractivity contribution < 1.29 is 4.79 Å². The van der Waals surface area contributed by atoms with E-state index < -0.39 is 0 Å². The number of hydrogen-bond donors (Lipinski definition) is 1. The Balaban J connectivity index is 0.00000192. The first-order chi connectivity index (χ1) is 10.7. The Labute approximate surface area is 142 Å². The molecule has 0 spiro atoms. The molecule has 1 atom stereocenters. The third kappa shape index (κ3) is 3.89. The van der Waals surface area contributed by atoms with Gasteiger partial charge in [-0.1, -0.05) is 17.3 Å². The van der Waals surface area contributed by atoms with Gasteiger partial charge in [-0.3, -0.25) is 4.79 Å². The first-order valence-electron chi connectivity index (χ1n) is 7.60. The molecule has 0 bridgehead atoms. The average molecular weight is 336 g/mol. The van der Waals surface area contributed by atoms with Crippen LogP contribution < -0.4 is 5.32 Å². The molecule has 124 valence electrons. The van der Waals surface area contributed by atoms with Gasteiger partial charge in [0.1, 0.15) is 0 Å². The molecule has 1 amide bonds. The van der Waals surface area contributed by atoms with E-state index in [0.717, 1.165) is 37.3 Å². The average Bonchev–Trinajstić information content (AvgIpc) is 3.16. The molecule has 1 N–H and O–H groups in total.